The summed E-state index contributed by atoms with van der Waals surface area (Å²) in [6.07, 6.45) is 0.366. The van der Waals surface area contributed by atoms with E-state index < -0.39 is 0 Å². The Balaban J connectivity index is 2.57. The molecule has 0 aliphatic rings. The normalized spacial score (nSPS) is 13.2. The highest BCUT2D eigenvalue weighted by Crippen LogP contribution is 2.24. The predicted octanol–water partition coefficient (Wildman–Crippen LogP) is 3.24. The average Bonchev–Trinajstić information content (AvgIpc) is 2.53. The average molecular weight is 238 g/mol. The first-order valence-electron chi connectivity index (χ1n) is 5.57. The topological polar surface area (TPSA) is 25.2 Å². The van der Waals surface area contributed by atoms with Crippen LogP contribution in [0.3, 0.4) is 0 Å². The Hall–Kier alpha value is -0.990. The van der Waals surface area contributed by atoms with Crippen LogP contribution in [0.25, 0.3) is 10.9 Å². The minimum absolute atomic E-state index is 0.315. The fourth-order valence-electron chi connectivity index (χ4n) is 2.13. The van der Waals surface area contributed by atoms with E-state index in [2.05, 4.69) is 17.6 Å². The molecule has 0 amide bonds. The van der Waals surface area contributed by atoms with E-state index in [1.807, 2.05) is 25.1 Å². The number of benzene rings is 1. The van der Waals surface area contributed by atoms with Gasteiger partial charge in [0.2, 0.25) is 0 Å². The predicted molar refractivity (Wildman–Crippen MR) is 68.0 cm³/mol. The van der Waals surface area contributed by atoms with Gasteiger partial charge in [-0.2, -0.15) is 0 Å². The first-order valence-corrected chi connectivity index (χ1v) is 5.95. The molecule has 3 heteroatoms. The molecule has 1 heterocycles. The van der Waals surface area contributed by atoms with Gasteiger partial charge >= 0.3 is 0 Å². The minimum atomic E-state index is -0.315. The zero-order chi connectivity index (χ0) is 11.7. The number of aliphatic hydroxyl groups is 1. The third kappa shape index (κ3) is 2.08. The monoisotopic (exact) mass is 237 g/mol. The number of halogens is 1. The molecular weight excluding hydrogens is 222 g/mol. The minimum Gasteiger partial charge on any atom is -0.393 e. The van der Waals surface area contributed by atoms with Gasteiger partial charge in [0.05, 0.1) is 6.10 Å². The van der Waals surface area contributed by atoms with Crippen molar-refractivity contribution < 1.29 is 5.11 Å². The number of aromatic nitrogens is 1. The summed E-state index contributed by atoms with van der Waals surface area (Å²) in [4.78, 5) is 0. The molecule has 2 aromatic rings. The van der Waals surface area contributed by atoms with Crippen molar-refractivity contribution in [2.24, 2.45) is 0 Å². The molecule has 0 aliphatic carbocycles. The van der Waals surface area contributed by atoms with Crippen LogP contribution < -0.4 is 0 Å². The molecular formula is C13H16ClNO. The van der Waals surface area contributed by atoms with Crippen molar-refractivity contribution in [2.45, 2.75) is 32.9 Å². The lowest BCUT2D eigenvalue weighted by Gasteiger charge is -2.09. The summed E-state index contributed by atoms with van der Waals surface area (Å²) in [6, 6.07) is 8.03. The van der Waals surface area contributed by atoms with Gasteiger partial charge in [0.25, 0.3) is 0 Å². The molecule has 0 bridgehead atoms. The Bertz CT molecular complexity index is 502. The Kier molecular flexibility index (Phi) is 3.22. The van der Waals surface area contributed by atoms with Crippen molar-refractivity contribution in [2.75, 3.05) is 0 Å². The SMILES string of the molecule is CCn1c(CC(C)O)cc2ccc(Cl)cc21. The first-order chi connectivity index (χ1) is 7.61. The van der Waals surface area contributed by atoms with Crippen molar-refractivity contribution in [3.63, 3.8) is 0 Å². The van der Waals surface area contributed by atoms with E-state index in [1.165, 1.54) is 5.39 Å². The Morgan fingerprint density at radius 1 is 1.38 bits per heavy atom. The summed E-state index contributed by atoms with van der Waals surface area (Å²) in [5.74, 6) is 0. The van der Waals surface area contributed by atoms with Gasteiger partial charge in [-0.1, -0.05) is 17.7 Å². The second kappa shape index (κ2) is 4.48. The zero-order valence-electron chi connectivity index (χ0n) is 9.57. The van der Waals surface area contributed by atoms with Crippen LogP contribution >= 0.6 is 11.6 Å². The molecule has 1 aromatic carbocycles. The number of fused-ring (bicyclic) bond motifs is 1. The number of hydrogen-bond donors (Lipinski definition) is 1. The van der Waals surface area contributed by atoms with E-state index in [1.54, 1.807) is 0 Å². The lowest BCUT2D eigenvalue weighted by Crippen LogP contribution is -2.09. The molecule has 0 spiro atoms. The smallest absolute Gasteiger partial charge is 0.0566 e. The fraction of sp³-hybridized carbons (Fsp3) is 0.385. The lowest BCUT2D eigenvalue weighted by molar-refractivity contribution is 0.193. The molecule has 0 fully saturated rings. The molecule has 1 aromatic heterocycles. The Morgan fingerprint density at radius 3 is 2.75 bits per heavy atom. The van der Waals surface area contributed by atoms with Gasteiger partial charge in [-0.3, -0.25) is 0 Å². The zero-order valence-corrected chi connectivity index (χ0v) is 10.3. The van der Waals surface area contributed by atoms with Crippen molar-refractivity contribution in [1.82, 2.24) is 4.57 Å². The lowest BCUT2D eigenvalue weighted by atomic mass is 10.2. The molecule has 1 atom stereocenters. The van der Waals surface area contributed by atoms with Crippen molar-refractivity contribution in [3.8, 4) is 0 Å². The van der Waals surface area contributed by atoms with E-state index in [0.717, 1.165) is 22.8 Å². The summed E-state index contributed by atoms with van der Waals surface area (Å²) in [5, 5.41) is 11.4. The molecule has 0 radical (unpaired) electrons. The summed E-state index contributed by atoms with van der Waals surface area (Å²) in [6.45, 7) is 4.81. The molecule has 1 unspecified atom stereocenters. The molecule has 2 rings (SSSR count). The van der Waals surface area contributed by atoms with Gasteiger partial charge in [-0.05, 0) is 37.4 Å². The standard InChI is InChI=1S/C13H16ClNO/c1-3-15-12(6-9(2)16)7-10-4-5-11(14)8-13(10)15/h4-5,7-9,16H,3,6H2,1-2H3. The van der Waals surface area contributed by atoms with Gasteiger partial charge in [0.1, 0.15) is 0 Å². The van der Waals surface area contributed by atoms with E-state index >= 15 is 0 Å². The van der Waals surface area contributed by atoms with Crippen LogP contribution in [-0.2, 0) is 13.0 Å². The van der Waals surface area contributed by atoms with Crippen LogP contribution in [0.2, 0.25) is 5.02 Å². The highest BCUT2D eigenvalue weighted by molar-refractivity contribution is 6.31. The number of rotatable bonds is 3. The maximum Gasteiger partial charge on any atom is 0.0566 e. The summed E-state index contributed by atoms with van der Waals surface area (Å²) >= 11 is 6.00. The highest BCUT2D eigenvalue weighted by atomic mass is 35.5. The van der Waals surface area contributed by atoms with Crippen LogP contribution in [0.1, 0.15) is 19.5 Å². The van der Waals surface area contributed by atoms with Gasteiger partial charge in [-0.25, -0.2) is 0 Å². The Morgan fingerprint density at radius 2 is 2.12 bits per heavy atom. The fourth-order valence-corrected chi connectivity index (χ4v) is 2.30. The summed E-state index contributed by atoms with van der Waals surface area (Å²) in [5.41, 5.74) is 2.31. The third-order valence-corrected chi connectivity index (χ3v) is 3.01. The molecule has 86 valence electrons. The highest BCUT2D eigenvalue weighted by Gasteiger charge is 2.09. The van der Waals surface area contributed by atoms with Gasteiger partial charge in [-0.15, -0.1) is 0 Å². The first kappa shape index (κ1) is 11.5. The molecule has 0 saturated carbocycles. The van der Waals surface area contributed by atoms with Gasteiger partial charge < -0.3 is 9.67 Å². The van der Waals surface area contributed by atoms with E-state index in [4.69, 9.17) is 11.6 Å². The van der Waals surface area contributed by atoms with Crippen LogP contribution in [-0.4, -0.2) is 15.8 Å². The summed E-state index contributed by atoms with van der Waals surface area (Å²) in [7, 11) is 0. The van der Waals surface area contributed by atoms with Crippen molar-refractivity contribution in [3.05, 3.63) is 35.0 Å². The number of aliphatic hydroxyl groups excluding tert-OH is 1. The number of hydrogen-bond acceptors (Lipinski definition) is 1. The molecule has 0 aliphatic heterocycles. The number of aryl methyl sites for hydroxylation is 1. The third-order valence-electron chi connectivity index (χ3n) is 2.77. The van der Waals surface area contributed by atoms with Crippen LogP contribution in [0.5, 0.6) is 0 Å². The van der Waals surface area contributed by atoms with E-state index in [9.17, 15) is 5.11 Å². The quantitative estimate of drug-likeness (QED) is 0.871. The second-order valence-corrected chi connectivity index (χ2v) is 4.57. The molecule has 0 saturated heterocycles. The van der Waals surface area contributed by atoms with Crippen LogP contribution in [0, 0.1) is 0 Å². The van der Waals surface area contributed by atoms with E-state index in [0.29, 0.717) is 6.42 Å². The van der Waals surface area contributed by atoms with Crippen LogP contribution in [0.15, 0.2) is 24.3 Å². The summed E-state index contributed by atoms with van der Waals surface area (Å²) < 4.78 is 2.20. The van der Waals surface area contributed by atoms with Crippen LogP contribution in [0.4, 0.5) is 0 Å². The number of nitrogens with zero attached hydrogens (tertiary/aromatic N) is 1. The molecule has 1 N–H and O–H groups in total. The van der Waals surface area contributed by atoms with Gasteiger partial charge in [0.15, 0.2) is 0 Å². The van der Waals surface area contributed by atoms with Crippen molar-refractivity contribution >= 4 is 22.5 Å². The maximum atomic E-state index is 9.47. The molecule has 2 nitrogen and oxygen atoms in total. The second-order valence-electron chi connectivity index (χ2n) is 4.14. The maximum absolute atomic E-state index is 9.47. The van der Waals surface area contributed by atoms with Gasteiger partial charge in [0, 0.05) is 29.2 Å². The van der Waals surface area contributed by atoms with Crippen molar-refractivity contribution in [1.29, 1.82) is 0 Å². The molecule has 16 heavy (non-hydrogen) atoms. The Labute approximate surface area is 100 Å². The van der Waals surface area contributed by atoms with E-state index in [-0.39, 0.29) is 6.10 Å². The largest absolute Gasteiger partial charge is 0.393 e.